The molecule has 180 valence electrons. The zero-order valence-corrected chi connectivity index (χ0v) is 20.1. The Kier molecular flexibility index (Phi) is 7.71. The number of ether oxygens (including phenoxy) is 1. The third-order valence-electron chi connectivity index (χ3n) is 5.76. The average Bonchev–Trinajstić information content (AvgIpc) is 3.26. The third kappa shape index (κ3) is 5.69. The van der Waals surface area contributed by atoms with Gasteiger partial charge in [0.05, 0.1) is 24.6 Å². The lowest BCUT2D eigenvalue weighted by molar-refractivity contribution is -0.142. The number of nitrogens with one attached hydrogen (secondary N) is 2. The summed E-state index contributed by atoms with van der Waals surface area (Å²) in [6.45, 7) is 3.56. The Hall–Kier alpha value is -2.56. The molecule has 2 aromatic rings. The lowest BCUT2D eigenvalue weighted by Gasteiger charge is -2.35. The fraction of sp³-hybridized carbons (Fsp3) is 0.500. The lowest BCUT2D eigenvalue weighted by Crippen LogP contribution is -2.53. The molecule has 2 amide bonds. The quantitative estimate of drug-likeness (QED) is 0.500. The van der Waals surface area contributed by atoms with Crippen LogP contribution in [-0.4, -0.2) is 40.1 Å². The molecule has 11 heteroatoms. The summed E-state index contributed by atoms with van der Waals surface area (Å²) in [6.07, 6.45) is -0.684. The topological polar surface area (TPSA) is 87.3 Å². The van der Waals surface area contributed by atoms with Crippen molar-refractivity contribution in [3.63, 3.8) is 0 Å². The maximum Gasteiger partial charge on any atom is 0.425 e. The van der Waals surface area contributed by atoms with Crippen LogP contribution in [-0.2, 0) is 15.7 Å². The minimum Gasteiger partial charge on any atom is -0.452 e. The van der Waals surface area contributed by atoms with E-state index in [0.29, 0.717) is 29.9 Å². The summed E-state index contributed by atoms with van der Waals surface area (Å²) < 4.78 is 44.5. The number of hydrogen-bond donors (Lipinski definition) is 2. The second-order valence-electron chi connectivity index (χ2n) is 8.28. The molecule has 0 aliphatic heterocycles. The summed E-state index contributed by atoms with van der Waals surface area (Å²) in [4.78, 5) is 32.6. The van der Waals surface area contributed by atoms with Crippen molar-refractivity contribution in [1.82, 2.24) is 20.4 Å². The number of carbonyl (C=O) groups is 2. The second-order valence-corrected chi connectivity index (χ2v) is 9.13. The minimum atomic E-state index is -4.49. The summed E-state index contributed by atoms with van der Waals surface area (Å²) >= 11 is 2.95. The summed E-state index contributed by atoms with van der Waals surface area (Å²) in [7, 11) is 1.22. The highest BCUT2D eigenvalue weighted by Gasteiger charge is 2.38. The predicted molar refractivity (Wildman–Crippen MR) is 119 cm³/mol. The maximum atomic E-state index is 13.3. The van der Waals surface area contributed by atoms with Crippen molar-refractivity contribution in [2.24, 2.45) is 5.92 Å². The summed E-state index contributed by atoms with van der Waals surface area (Å²) in [5.41, 5.74) is 2.48. The molecule has 3 rings (SSSR count). The number of hydrogen-bond acceptors (Lipinski definition) is 4. The van der Waals surface area contributed by atoms with Crippen LogP contribution in [0.25, 0.3) is 11.3 Å². The normalized spacial score (nSPS) is 18.8. The summed E-state index contributed by atoms with van der Waals surface area (Å²) in [5.74, 6) is -0.395. The molecule has 1 fully saturated rings. The number of nitrogens with zero attached hydrogens (tertiary/aromatic N) is 2. The molecule has 0 radical (unpaired) electrons. The number of aromatic amines is 1. The van der Waals surface area contributed by atoms with Crippen LogP contribution in [0.15, 0.2) is 28.9 Å². The van der Waals surface area contributed by atoms with Crippen molar-refractivity contribution in [2.45, 2.75) is 57.7 Å². The van der Waals surface area contributed by atoms with Crippen LogP contribution in [0.4, 0.5) is 18.0 Å². The number of imidazole rings is 1. The molecular formula is C22H26BrF3N4O3. The van der Waals surface area contributed by atoms with Crippen LogP contribution in [0, 0.1) is 5.92 Å². The number of rotatable bonds is 4. The molecule has 0 bridgehead atoms. The van der Waals surface area contributed by atoms with Gasteiger partial charge in [0.2, 0.25) is 5.91 Å². The fourth-order valence-electron chi connectivity index (χ4n) is 4.10. The smallest absolute Gasteiger partial charge is 0.425 e. The van der Waals surface area contributed by atoms with E-state index in [1.54, 1.807) is 19.9 Å². The zero-order chi connectivity index (χ0) is 24.3. The van der Waals surface area contributed by atoms with Crippen LogP contribution in [0.3, 0.4) is 0 Å². The first-order chi connectivity index (χ1) is 15.5. The van der Waals surface area contributed by atoms with Crippen molar-refractivity contribution in [1.29, 1.82) is 0 Å². The van der Waals surface area contributed by atoms with Gasteiger partial charge in [0.1, 0.15) is 5.82 Å². The van der Waals surface area contributed by atoms with E-state index in [2.05, 4.69) is 36.1 Å². The first-order valence-electron chi connectivity index (χ1n) is 10.6. The van der Waals surface area contributed by atoms with E-state index in [0.717, 1.165) is 18.9 Å². The largest absolute Gasteiger partial charge is 0.452 e. The zero-order valence-electron chi connectivity index (χ0n) is 18.5. The highest BCUT2D eigenvalue weighted by Crippen LogP contribution is 2.40. The van der Waals surface area contributed by atoms with Crippen LogP contribution in [0.5, 0.6) is 0 Å². The summed E-state index contributed by atoms with van der Waals surface area (Å²) in [6, 6.07) is 3.69. The molecule has 1 aromatic heterocycles. The predicted octanol–water partition coefficient (Wildman–Crippen LogP) is 5.64. The van der Waals surface area contributed by atoms with Gasteiger partial charge in [0.25, 0.3) is 0 Å². The molecule has 1 aliphatic carbocycles. The molecule has 0 spiro atoms. The number of alkyl halides is 3. The van der Waals surface area contributed by atoms with Crippen molar-refractivity contribution < 1.29 is 27.5 Å². The first kappa shape index (κ1) is 25.1. The Morgan fingerprint density at radius 1 is 1.27 bits per heavy atom. The van der Waals surface area contributed by atoms with Gasteiger partial charge in [0.15, 0.2) is 0 Å². The number of methoxy groups -OCH3 is 1. The van der Waals surface area contributed by atoms with Crippen molar-refractivity contribution in [3.8, 4) is 11.3 Å². The van der Waals surface area contributed by atoms with E-state index in [-0.39, 0.29) is 22.3 Å². The molecule has 7 nitrogen and oxygen atoms in total. The molecule has 0 unspecified atom stereocenters. The van der Waals surface area contributed by atoms with E-state index >= 15 is 0 Å². The third-order valence-corrected chi connectivity index (χ3v) is 6.46. The summed E-state index contributed by atoms with van der Waals surface area (Å²) in [5, 5.41) is 1.27. The monoisotopic (exact) mass is 530 g/mol. The molecular weight excluding hydrogens is 505 g/mol. The van der Waals surface area contributed by atoms with Crippen molar-refractivity contribution >= 4 is 27.9 Å². The van der Waals surface area contributed by atoms with Gasteiger partial charge >= 0.3 is 12.3 Å². The van der Waals surface area contributed by atoms with E-state index in [4.69, 9.17) is 0 Å². The minimum absolute atomic E-state index is 0.0386. The van der Waals surface area contributed by atoms with E-state index < -0.39 is 23.8 Å². The number of amides is 2. The highest BCUT2D eigenvalue weighted by atomic mass is 79.9. The number of benzene rings is 1. The van der Waals surface area contributed by atoms with Crippen LogP contribution in [0.2, 0.25) is 0 Å². The SMILES string of the molecule is COC(=O)NN(C(=O)[C@H]1CCCC[C@@H]1c1ncc(-c2ccc(Br)c(C(F)(F)F)c2)[nH]1)C(C)C. The lowest BCUT2D eigenvalue weighted by atomic mass is 9.78. The Balaban J connectivity index is 1.88. The maximum absolute atomic E-state index is 13.3. The number of aromatic nitrogens is 2. The van der Waals surface area contributed by atoms with Gasteiger partial charge in [-0.2, -0.15) is 13.2 Å². The van der Waals surface area contributed by atoms with Crippen LogP contribution >= 0.6 is 15.9 Å². The Labute approximate surface area is 198 Å². The second kappa shape index (κ2) is 10.1. The first-order valence-corrected chi connectivity index (χ1v) is 11.4. The number of hydrazine groups is 1. The van der Waals surface area contributed by atoms with Gasteiger partial charge in [0, 0.05) is 27.9 Å². The van der Waals surface area contributed by atoms with Crippen LogP contribution in [0.1, 0.15) is 56.8 Å². The average molecular weight is 531 g/mol. The highest BCUT2D eigenvalue weighted by molar-refractivity contribution is 9.10. The van der Waals surface area contributed by atoms with Gasteiger partial charge < -0.3 is 9.72 Å². The molecule has 1 heterocycles. The Bertz CT molecular complexity index is 1010. The molecule has 1 aromatic carbocycles. The number of H-pyrrole nitrogens is 1. The number of halogens is 4. The standard InChI is InChI=1S/C22H26BrF3N4O3/c1-12(2)30(29-21(32)33-3)20(31)15-7-5-4-6-14(15)19-27-11-18(28-19)13-8-9-17(23)16(10-13)22(24,25)26/h8-12,14-15H,4-7H2,1-3H3,(H,27,28)(H,29,32)/t14-,15-/m0/s1. The molecule has 1 aliphatic rings. The fourth-order valence-corrected chi connectivity index (χ4v) is 4.57. The van der Waals surface area contributed by atoms with Gasteiger partial charge in [-0.05, 0) is 38.8 Å². The molecule has 2 atom stereocenters. The van der Waals surface area contributed by atoms with Crippen molar-refractivity contribution in [3.05, 3.63) is 40.3 Å². The van der Waals surface area contributed by atoms with Gasteiger partial charge in [-0.1, -0.05) is 34.8 Å². The van der Waals surface area contributed by atoms with Gasteiger partial charge in [-0.3, -0.25) is 4.79 Å². The van der Waals surface area contributed by atoms with Gasteiger partial charge in [-0.15, -0.1) is 0 Å². The van der Waals surface area contributed by atoms with E-state index in [1.807, 2.05) is 0 Å². The van der Waals surface area contributed by atoms with Crippen molar-refractivity contribution in [2.75, 3.05) is 7.11 Å². The Morgan fingerprint density at radius 3 is 2.61 bits per heavy atom. The Morgan fingerprint density at radius 2 is 1.97 bits per heavy atom. The van der Waals surface area contributed by atoms with E-state index in [1.165, 1.54) is 24.4 Å². The molecule has 2 N–H and O–H groups in total. The van der Waals surface area contributed by atoms with E-state index in [9.17, 15) is 22.8 Å². The van der Waals surface area contributed by atoms with Crippen LogP contribution < -0.4 is 5.43 Å². The molecule has 1 saturated carbocycles. The number of carbonyl (C=O) groups excluding carboxylic acids is 2. The molecule has 33 heavy (non-hydrogen) atoms. The molecule has 0 saturated heterocycles. The van der Waals surface area contributed by atoms with Gasteiger partial charge in [-0.25, -0.2) is 20.2 Å².